The number of hydrogen-bond acceptors (Lipinski definition) is 2. The topological polar surface area (TPSA) is 20.3 Å². The lowest BCUT2D eigenvalue weighted by Gasteiger charge is -2.33. The first-order valence-electron chi connectivity index (χ1n) is 7.31. The van der Waals surface area contributed by atoms with Crippen molar-refractivity contribution in [2.45, 2.75) is 32.4 Å². The zero-order valence-corrected chi connectivity index (χ0v) is 12.1. The molecule has 1 unspecified atom stereocenters. The number of nitrogens with zero attached hydrogens (tertiary/aromatic N) is 1. The van der Waals surface area contributed by atoms with Gasteiger partial charge in [-0.1, -0.05) is 31.2 Å². The number of carbonyl (C=O) groups excluding carboxylic acids is 1. The summed E-state index contributed by atoms with van der Waals surface area (Å²) in [5.74, 6) is -1.41. The summed E-state index contributed by atoms with van der Waals surface area (Å²) < 4.78 is 38.2. The van der Waals surface area contributed by atoms with Gasteiger partial charge in [0.05, 0.1) is 12.5 Å². The molecule has 0 radical (unpaired) electrons. The number of benzene rings is 1. The summed E-state index contributed by atoms with van der Waals surface area (Å²) in [6.45, 7) is 2.59. The van der Waals surface area contributed by atoms with Crippen LogP contribution in [-0.4, -0.2) is 36.5 Å². The number of rotatable bonds is 4. The molecule has 1 aliphatic heterocycles. The molecule has 1 heterocycles. The van der Waals surface area contributed by atoms with E-state index in [1.165, 1.54) is 0 Å². The summed E-state index contributed by atoms with van der Waals surface area (Å²) in [6, 6.07) is 7.29. The van der Waals surface area contributed by atoms with E-state index in [4.69, 9.17) is 0 Å². The van der Waals surface area contributed by atoms with Crippen LogP contribution in [0.5, 0.6) is 0 Å². The fraction of sp³-hybridized carbons (Fsp3) is 0.562. The number of Topliss-reactive ketones (excluding diaryl/α,β-unsaturated/α-hetero) is 1. The maximum Gasteiger partial charge on any atom is 0.393 e. The third-order valence-corrected chi connectivity index (χ3v) is 4.02. The third kappa shape index (κ3) is 4.30. The van der Waals surface area contributed by atoms with Crippen LogP contribution in [0.3, 0.4) is 0 Å². The Morgan fingerprint density at radius 3 is 2.52 bits per heavy atom. The number of likely N-dealkylation sites (tertiary alicyclic amines) is 1. The summed E-state index contributed by atoms with van der Waals surface area (Å²) in [4.78, 5) is 13.8. The molecule has 5 heteroatoms. The maximum absolute atomic E-state index is 12.7. The van der Waals surface area contributed by atoms with Gasteiger partial charge in [-0.05, 0) is 31.4 Å². The van der Waals surface area contributed by atoms with Gasteiger partial charge in [-0.2, -0.15) is 13.2 Å². The normalized spacial score (nSPS) is 20.5. The quantitative estimate of drug-likeness (QED) is 0.790. The molecule has 0 amide bonds. The van der Waals surface area contributed by atoms with Gasteiger partial charge in [0, 0.05) is 12.1 Å². The van der Waals surface area contributed by atoms with Crippen molar-refractivity contribution in [3.8, 4) is 0 Å². The van der Waals surface area contributed by atoms with Crippen LogP contribution in [0.4, 0.5) is 13.2 Å². The number of halogens is 3. The Labute approximate surface area is 122 Å². The van der Waals surface area contributed by atoms with Crippen LogP contribution in [0.1, 0.15) is 35.7 Å². The minimum absolute atomic E-state index is 0.0672. The Kier molecular flexibility index (Phi) is 5.04. The molecule has 1 aromatic carbocycles. The first-order chi connectivity index (χ1) is 9.90. The second-order valence-electron chi connectivity index (χ2n) is 5.59. The molecule has 116 valence electrons. The van der Waals surface area contributed by atoms with Crippen LogP contribution in [0, 0.1) is 5.92 Å². The average molecular weight is 299 g/mol. The van der Waals surface area contributed by atoms with E-state index in [0.717, 1.165) is 12.0 Å². The third-order valence-electron chi connectivity index (χ3n) is 4.02. The number of alkyl halides is 3. The van der Waals surface area contributed by atoms with Gasteiger partial charge in [0.15, 0.2) is 5.78 Å². The van der Waals surface area contributed by atoms with Gasteiger partial charge < -0.3 is 0 Å². The fourth-order valence-electron chi connectivity index (χ4n) is 2.69. The van der Waals surface area contributed by atoms with E-state index < -0.39 is 12.1 Å². The molecule has 0 aliphatic carbocycles. The highest BCUT2D eigenvalue weighted by molar-refractivity contribution is 5.97. The molecule has 0 aromatic heterocycles. The largest absolute Gasteiger partial charge is 0.393 e. The summed E-state index contributed by atoms with van der Waals surface area (Å²) in [7, 11) is 0. The van der Waals surface area contributed by atoms with Gasteiger partial charge in [0.2, 0.25) is 0 Å². The molecular formula is C16H20F3NO. The molecule has 0 spiro atoms. The van der Waals surface area contributed by atoms with E-state index in [2.05, 4.69) is 0 Å². The first kappa shape index (κ1) is 16.0. The van der Waals surface area contributed by atoms with Crippen LogP contribution in [-0.2, 0) is 6.42 Å². The van der Waals surface area contributed by atoms with Crippen molar-refractivity contribution in [2.24, 2.45) is 5.92 Å². The molecule has 1 aromatic rings. The molecule has 1 saturated heterocycles. The van der Waals surface area contributed by atoms with Gasteiger partial charge in [-0.3, -0.25) is 9.69 Å². The second-order valence-corrected chi connectivity index (χ2v) is 5.59. The maximum atomic E-state index is 12.7. The predicted octanol–water partition coefficient (Wildman–Crippen LogP) is 3.71. The van der Waals surface area contributed by atoms with Crippen LogP contribution in [0.25, 0.3) is 0 Å². The van der Waals surface area contributed by atoms with Crippen LogP contribution >= 0.6 is 0 Å². The number of aryl methyl sites for hydroxylation is 1. The molecule has 0 bridgehead atoms. The molecule has 1 atom stereocenters. The average Bonchev–Trinajstić information content (AvgIpc) is 2.47. The van der Waals surface area contributed by atoms with Gasteiger partial charge in [-0.25, -0.2) is 0 Å². The molecule has 1 aliphatic rings. The van der Waals surface area contributed by atoms with Crippen LogP contribution < -0.4 is 0 Å². The highest BCUT2D eigenvalue weighted by atomic mass is 19.4. The number of hydrogen-bond donors (Lipinski definition) is 0. The highest BCUT2D eigenvalue weighted by Crippen LogP contribution is 2.33. The lowest BCUT2D eigenvalue weighted by atomic mass is 9.97. The van der Waals surface area contributed by atoms with Crippen molar-refractivity contribution in [1.29, 1.82) is 0 Å². The van der Waals surface area contributed by atoms with Crippen molar-refractivity contribution in [3.63, 3.8) is 0 Å². The smallest absolute Gasteiger partial charge is 0.295 e. The molecule has 0 N–H and O–H groups in total. The summed E-state index contributed by atoms with van der Waals surface area (Å²) in [5, 5.41) is 0. The Hall–Kier alpha value is -1.36. The Morgan fingerprint density at radius 1 is 1.29 bits per heavy atom. The minimum Gasteiger partial charge on any atom is -0.295 e. The van der Waals surface area contributed by atoms with Crippen LogP contribution in [0.15, 0.2) is 24.3 Å². The molecule has 0 saturated carbocycles. The minimum atomic E-state index is -4.16. The molecule has 2 nitrogen and oxygen atoms in total. The van der Waals surface area contributed by atoms with E-state index in [1.54, 1.807) is 17.0 Å². The van der Waals surface area contributed by atoms with Gasteiger partial charge >= 0.3 is 6.18 Å². The number of piperidine rings is 1. The summed E-state index contributed by atoms with van der Waals surface area (Å²) >= 11 is 0. The summed E-state index contributed by atoms with van der Waals surface area (Å²) in [5.41, 5.74) is 1.71. The van der Waals surface area contributed by atoms with E-state index in [9.17, 15) is 18.0 Å². The van der Waals surface area contributed by atoms with Gasteiger partial charge in [0.1, 0.15) is 0 Å². The SMILES string of the molecule is CCc1ccc(C(=O)CN2CCCC(C(F)(F)F)C2)cc1. The van der Waals surface area contributed by atoms with Crippen molar-refractivity contribution in [2.75, 3.05) is 19.6 Å². The summed E-state index contributed by atoms with van der Waals surface area (Å²) in [6.07, 6.45) is -2.61. The predicted molar refractivity (Wildman–Crippen MR) is 75.4 cm³/mol. The number of ketones is 1. The standard InChI is InChI=1S/C16H20F3NO/c1-2-12-5-7-13(8-6-12)15(21)11-20-9-3-4-14(10-20)16(17,18)19/h5-8,14H,2-4,9-11H2,1H3. The monoisotopic (exact) mass is 299 g/mol. The molecule has 1 fully saturated rings. The first-order valence-corrected chi connectivity index (χ1v) is 7.31. The zero-order chi connectivity index (χ0) is 15.5. The Bertz CT molecular complexity index is 481. The lowest BCUT2D eigenvalue weighted by molar-refractivity contribution is -0.186. The number of carbonyl (C=O) groups is 1. The molecular weight excluding hydrogens is 279 g/mol. The van der Waals surface area contributed by atoms with Crippen molar-refractivity contribution < 1.29 is 18.0 Å². The van der Waals surface area contributed by atoms with Crippen molar-refractivity contribution in [1.82, 2.24) is 4.90 Å². The van der Waals surface area contributed by atoms with E-state index in [1.807, 2.05) is 19.1 Å². The molecule has 2 rings (SSSR count). The lowest BCUT2D eigenvalue weighted by Crippen LogP contribution is -2.43. The zero-order valence-electron chi connectivity index (χ0n) is 12.1. The van der Waals surface area contributed by atoms with Gasteiger partial charge in [0.25, 0.3) is 0 Å². The highest BCUT2D eigenvalue weighted by Gasteiger charge is 2.41. The fourth-order valence-corrected chi connectivity index (χ4v) is 2.69. The van der Waals surface area contributed by atoms with E-state index in [-0.39, 0.29) is 25.3 Å². The Balaban J connectivity index is 1.95. The van der Waals surface area contributed by atoms with Crippen molar-refractivity contribution in [3.05, 3.63) is 35.4 Å². The van der Waals surface area contributed by atoms with Gasteiger partial charge in [-0.15, -0.1) is 0 Å². The van der Waals surface area contributed by atoms with E-state index in [0.29, 0.717) is 18.5 Å². The van der Waals surface area contributed by atoms with Crippen LogP contribution in [0.2, 0.25) is 0 Å². The second kappa shape index (κ2) is 6.60. The van der Waals surface area contributed by atoms with E-state index >= 15 is 0 Å². The van der Waals surface area contributed by atoms with Crippen molar-refractivity contribution >= 4 is 5.78 Å². The Morgan fingerprint density at radius 2 is 1.95 bits per heavy atom. The molecule has 21 heavy (non-hydrogen) atoms.